The van der Waals surface area contributed by atoms with Crippen molar-refractivity contribution in [2.24, 2.45) is 0 Å². The summed E-state index contributed by atoms with van der Waals surface area (Å²) in [7, 11) is 1.96. The maximum Gasteiger partial charge on any atom is 0.416 e. The van der Waals surface area contributed by atoms with Crippen LogP contribution in [0.2, 0.25) is 0 Å². The Bertz CT molecular complexity index is 1170. The van der Waals surface area contributed by atoms with Crippen molar-refractivity contribution in [3.8, 4) is 0 Å². The van der Waals surface area contributed by atoms with Gasteiger partial charge in [-0.25, -0.2) is 0 Å². The molecule has 3 N–H and O–H groups in total. The molecule has 1 aromatic carbocycles. The second-order valence-corrected chi connectivity index (χ2v) is 9.48. The number of aryl methyl sites for hydroxylation is 1. The Morgan fingerprint density at radius 3 is 2.35 bits per heavy atom. The monoisotopic (exact) mass is 524 g/mol. The summed E-state index contributed by atoms with van der Waals surface area (Å²) in [6.07, 6.45) is -4.59. The van der Waals surface area contributed by atoms with E-state index in [1.54, 1.807) is 13.8 Å². The third kappa shape index (κ3) is 7.12. The van der Waals surface area contributed by atoms with E-state index in [9.17, 15) is 22.8 Å². The van der Waals surface area contributed by atoms with Crippen LogP contribution in [0.5, 0.6) is 0 Å². The number of pyridine rings is 1. The molecule has 1 aromatic heterocycles. The number of H-pyrrole nitrogens is 1. The third-order valence-corrected chi connectivity index (χ3v) is 6.44. The first-order chi connectivity index (χ1) is 17.2. The van der Waals surface area contributed by atoms with Crippen molar-refractivity contribution < 1.29 is 27.9 Å². The molecule has 0 spiro atoms. The van der Waals surface area contributed by atoms with Crippen molar-refractivity contribution in [1.82, 2.24) is 15.2 Å². The molecule has 1 amide bonds. The van der Waals surface area contributed by atoms with E-state index in [2.05, 4.69) is 15.2 Å². The van der Waals surface area contributed by atoms with E-state index in [0.717, 1.165) is 30.8 Å². The summed E-state index contributed by atoms with van der Waals surface area (Å²) in [4.78, 5) is 40.8. The Morgan fingerprint density at radius 2 is 1.86 bits per heavy atom. The number of anilines is 1. The van der Waals surface area contributed by atoms with Crippen molar-refractivity contribution in [2.45, 2.75) is 59.3 Å². The molecule has 37 heavy (non-hydrogen) atoms. The summed E-state index contributed by atoms with van der Waals surface area (Å²) < 4.78 is 41.2. The van der Waals surface area contributed by atoms with Crippen LogP contribution in [-0.2, 0) is 17.5 Å². The Morgan fingerprint density at radius 1 is 1.27 bits per heavy atom. The maximum absolute atomic E-state index is 13.7. The van der Waals surface area contributed by atoms with Gasteiger partial charge in [0.1, 0.15) is 0 Å². The first-order valence-corrected chi connectivity index (χ1v) is 12.0. The molecule has 2 aromatic rings. The Kier molecular flexibility index (Phi) is 9.91. The van der Waals surface area contributed by atoms with Gasteiger partial charge < -0.3 is 25.2 Å². The minimum absolute atomic E-state index is 0.0365. The van der Waals surface area contributed by atoms with E-state index in [0.29, 0.717) is 29.1 Å². The third-order valence-electron chi connectivity index (χ3n) is 6.44. The number of carbonyl (C=O) groups is 2. The molecule has 2 heterocycles. The zero-order valence-electron chi connectivity index (χ0n) is 22.0. The largest absolute Gasteiger partial charge is 0.483 e. The lowest BCUT2D eigenvalue weighted by molar-refractivity contribution is -0.137. The smallest absolute Gasteiger partial charge is 0.416 e. The Hall–Kier alpha value is -3.34. The van der Waals surface area contributed by atoms with E-state index in [1.807, 2.05) is 38.8 Å². The summed E-state index contributed by atoms with van der Waals surface area (Å²) in [6.45, 7) is 10.9. The van der Waals surface area contributed by atoms with Crippen LogP contribution in [-0.4, -0.2) is 60.1 Å². The van der Waals surface area contributed by atoms with Crippen LogP contribution in [0.15, 0.2) is 23.0 Å². The average molecular weight is 525 g/mol. The van der Waals surface area contributed by atoms with Gasteiger partial charge in [0.2, 0.25) is 0 Å². The lowest BCUT2D eigenvalue weighted by atomic mass is 9.97. The normalized spacial score (nSPS) is 14.0. The van der Waals surface area contributed by atoms with Gasteiger partial charge in [-0.05, 0) is 63.1 Å². The Labute approximate surface area is 214 Å². The number of hydrogen-bond donors (Lipinski definition) is 3. The number of nitrogens with one attached hydrogen (secondary N) is 2. The number of amides is 1. The van der Waals surface area contributed by atoms with Crippen molar-refractivity contribution in [3.05, 3.63) is 62.1 Å². The molecule has 0 atom stereocenters. The number of carboxylic acid groups (broad SMARTS) is 1. The highest BCUT2D eigenvalue weighted by Crippen LogP contribution is 2.36. The average Bonchev–Trinajstić information content (AvgIpc) is 2.77. The SMILES string of the molecule is CCN(c1cc(C(F)(F)F)cc(C(=O)NCc2c(C(C)C)cc(C)[nH]c2=O)c1C)C1CN(C)C1.O=CO. The van der Waals surface area contributed by atoms with Crippen molar-refractivity contribution in [1.29, 1.82) is 0 Å². The molecule has 3 rings (SSSR count). The van der Waals surface area contributed by atoms with Crippen molar-refractivity contribution >= 4 is 18.1 Å². The number of benzene rings is 1. The molecule has 11 heteroatoms. The van der Waals surface area contributed by atoms with Gasteiger partial charge in [-0.15, -0.1) is 0 Å². The van der Waals surface area contributed by atoms with Gasteiger partial charge in [-0.3, -0.25) is 14.4 Å². The number of halogens is 3. The van der Waals surface area contributed by atoms with Crippen molar-refractivity contribution in [3.63, 3.8) is 0 Å². The number of likely N-dealkylation sites (tertiary alicyclic amines) is 1. The van der Waals surface area contributed by atoms with Crippen LogP contribution in [0, 0.1) is 13.8 Å². The molecule has 1 aliphatic rings. The molecule has 1 fully saturated rings. The van der Waals surface area contributed by atoms with Crippen LogP contribution < -0.4 is 15.8 Å². The number of carbonyl (C=O) groups excluding carboxylic acids is 1. The predicted octanol–water partition coefficient (Wildman–Crippen LogP) is 3.91. The standard InChI is InChI=1S/C25H33F3N4O2.CH2O2/c1-7-32(18-12-31(6)13-18)22-10-17(25(26,27)28)9-20(16(22)5)23(33)29-11-21-19(14(2)3)8-15(4)30-24(21)34;2-1-3/h8-10,14,18H,7,11-13H2,1-6H3,(H,29,33)(H,30,34);1H,(H,2,3). The fourth-order valence-corrected chi connectivity index (χ4v) is 4.59. The van der Waals surface area contributed by atoms with Crippen LogP contribution in [0.4, 0.5) is 18.9 Å². The molecule has 0 unspecified atom stereocenters. The molecular weight excluding hydrogens is 489 g/mol. The van der Waals surface area contributed by atoms with E-state index in [4.69, 9.17) is 9.90 Å². The fourth-order valence-electron chi connectivity index (χ4n) is 4.59. The highest BCUT2D eigenvalue weighted by atomic mass is 19.4. The lowest BCUT2D eigenvalue weighted by Crippen LogP contribution is -2.58. The summed E-state index contributed by atoms with van der Waals surface area (Å²) in [5, 5.41) is 9.57. The quantitative estimate of drug-likeness (QED) is 0.475. The highest BCUT2D eigenvalue weighted by molar-refractivity contribution is 5.97. The molecule has 8 nitrogen and oxygen atoms in total. The summed E-state index contributed by atoms with van der Waals surface area (Å²) in [6, 6.07) is 3.98. The predicted molar refractivity (Wildman–Crippen MR) is 136 cm³/mol. The summed E-state index contributed by atoms with van der Waals surface area (Å²) >= 11 is 0. The van der Waals surface area contributed by atoms with Gasteiger partial charge in [0, 0.05) is 48.7 Å². The topological polar surface area (TPSA) is 106 Å². The van der Waals surface area contributed by atoms with Crippen LogP contribution in [0.3, 0.4) is 0 Å². The highest BCUT2D eigenvalue weighted by Gasteiger charge is 2.35. The zero-order valence-corrected chi connectivity index (χ0v) is 22.0. The Balaban J connectivity index is 0.00000153. The summed E-state index contributed by atoms with van der Waals surface area (Å²) in [5.41, 5.74) is 1.62. The number of hydrogen-bond acceptors (Lipinski definition) is 5. The molecule has 0 saturated carbocycles. The number of nitrogens with zero attached hydrogens (tertiary/aromatic N) is 2. The van der Waals surface area contributed by atoms with Gasteiger partial charge in [0.25, 0.3) is 17.9 Å². The molecule has 0 radical (unpaired) electrons. The molecule has 0 aliphatic carbocycles. The minimum Gasteiger partial charge on any atom is -0.483 e. The van der Waals surface area contributed by atoms with Gasteiger partial charge in [-0.1, -0.05) is 13.8 Å². The van der Waals surface area contributed by atoms with Gasteiger partial charge in [-0.2, -0.15) is 13.2 Å². The van der Waals surface area contributed by atoms with E-state index in [1.165, 1.54) is 0 Å². The molecule has 1 saturated heterocycles. The first kappa shape index (κ1) is 29.9. The number of likely N-dealkylation sites (N-methyl/N-ethyl adjacent to an activating group) is 2. The van der Waals surface area contributed by atoms with Gasteiger partial charge in [0.05, 0.1) is 11.6 Å². The maximum atomic E-state index is 13.7. The molecular formula is C26H35F3N4O4. The van der Waals surface area contributed by atoms with E-state index in [-0.39, 0.29) is 36.1 Å². The van der Waals surface area contributed by atoms with E-state index < -0.39 is 17.6 Å². The first-order valence-electron chi connectivity index (χ1n) is 12.0. The fraction of sp³-hybridized carbons (Fsp3) is 0.500. The van der Waals surface area contributed by atoms with Crippen molar-refractivity contribution in [2.75, 3.05) is 31.6 Å². The second kappa shape index (κ2) is 12.3. The second-order valence-electron chi connectivity index (χ2n) is 9.48. The molecule has 204 valence electrons. The van der Waals surface area contributed by atoms with Crippen LogP contribution >= 0.6 is 0 Å². The number of alkyl halides is 3. The van der Waals surface area contributed by atoms with Gasteiger partial charge in [0.15, 0.2) is 0 Å². The zero-order chi connectivity index (χ0) is 28.1. The lowest BCUT2D eigenvalue weighted by Gasteiger charge is -2.45. The number of aromatic amines is 1. The van der Waals surface area contributed by atoms with E-state index >= 15 is 0 Å². The van der Waals surface area contributed by atoms with Crippen LogP contribution in [0.1, 0.15) is 65.0 Å². The summed E-state index contributed by atoms with van der Waals surface area (Å²) in [5.74, 6) is -0.588. The molecule has 1 aliphatic heterocycles. The molecule has 0 bridgehead atoms. The number of rotatable bonds is 7. The van der Waals surface area contributed by atoms with Crippen LogP contribution in [0.25, 0.3) is 0 Å². The minimum atomic E-state index is -4.59. The number of aromatic nitrogens is 1. The van der Waals surface area contributed by atoms with Gasteiger partial charge >= 0.3 is 6.18 Å².